The van der Waals surface area contributed by atoms with E-state index in [9.17, 15) is 0 Å². The number of hydrogen-bond acceptors (Lipinski definition) is 5. The third-order valence-electron chi connectivity index (χ3n) is 2.85. The molecule has 0 aliphatic heterocycles. The molecule has 5 heteroatoms. The Kier molecular flexibility index (Phi) is 5.68. The second-order valence-corrected chi connectivity index (χ2v) is 5.34. The van der Waals surface area contributed by atoms with Crippen molar-refractivity contribution in [1.82, 2.24) is 9.97 Å². The molecule has 20 heavy (non-hydrogen) atoms. The van der Waals surface area contributed by atoms with E-state index in [1.165, 1.54) is 0 Å². The van der Waals surface area contributed by atoms with Crippen LogP contribution >= 0.6 is 11.8 Å². The van der Waals surface area contributed by atoms with Crippen molar-refractivity contribution >= 4 is 23.4 Å². The third kappa shape index (κ3) is 4.13. The Morgan fingerprint density at radius 2 is 1.85 bits per heavy atom. The van der Waals surface area contributed by atoms with Crippen LogP contribution in [0.4, 0.5) is 11.6 Å². The van der Waals surface area contributed by atoms with E-state index in [0.717, 1.165) is 41.7 Å². The van der Waals surface area contributed by atoms with Crippen LogP contribution in [0.25, 0.3) is 11.4 Å². The average molecular weight is 288 g/mol. The van der Waals surface area contributed by atoms with Crippen LogP contribution in [0.3, 0.4) is 0 Å². The highest BCUT2D eigenvalue weighted by atomic mass is 32.2. The van der Waals surface area contributed by atoms with Crippen LogP contribution in [0.5, 0.6) is 0 Å². The molecule has 0 saturated carbocycles. The van der Waals surface area contributed by atoms with Crippen LogP contribution in [-0.2, 0) is 0 Å². The minimum atomic E-state index is 0.741. The summed E-state index contributed by atoms with van der Waals surface area (Å²) in [4.78, 5) is 9.08. The topological polar surface area (TPSA) is 49.8 Å². The number of aromatic nitrogens is 2. The second-order valence-electron chi connectivity index (χ2n) is 4.35. The Morgan fingerprint density at radius 1 is 1.10 bits per heavy atom. The Balaban J connectivity index is 2.16. The minimum Gasteiger partial charge on any atom is -0.373 e. The van der Waals surface area contributed by atoms with Gasteiger partial charge in [-0.3, -0.25) is 0 Å². The van der Waals surface area contributed by atoms with E-state index < -0.39 is 0 Å². The van der Waals surface area contributed by atoms with Crippen LogP contribution in [0.15, 0.2) is 36.4 Å². The third-order valence-corrected chi connectivity index (χ3v) is 3.54. The first kappa shape index (κ1) is 14.7. The van der Waals surface area contributed by atoms with E-state index in [1.54, 1.807) is 0 Å². The van der Waals surface area contributed by atoms with Crippen molar-refractivity contribution in [3.8, 4) is 11.4 Å². The lowest BCUT2D eigenvalue weighted by Gasteiger charge is -2.09. The van der Waals surface area contributed by atoms with Gasteiger partial charge in [0.2, 0.25) is 0 Å². The molecule has 2 rings (SSSR count). The monoisotopic (exact) mass is 288 g/mol. The summed E-state index contributed by atoms with van der Waals surface area (Å²) < 4.78 is 0. The van der Waals surface area contributed by atoms with Gasteiger partial charge in [-0.2, -0.15) is 11.8 Å². The second kappa shape index (κ2) is 7.75. The van der Waals surface area contributed by atoms with Crippen LogP contribution in [0.1, 0.15) is 6.42 Å². The van der Waals surface area contributed by atoms with Crippen molar-refractivity contribution in [1.29, 1.82) is 0 Å². The highest BCUT2D eigenvalue weighted by Crippen LogP contribution is 2.19. The maximum absolute atomic E-state index is 4.58. The number of benzene rings is 1. The molecule has 0 fully saturated rings. The zero-order valence-corrected chi connectivity index (χ0v) is 12.7. The number of thioether (sulfide) groups is 1. The molecule has 4 nitrogen and oxygen atoms in total. The highest BCUT2D eigenvalue weighted by Gasteiger charge is 2.05. The van der Waals surface area contributed by atoms with Crippen LogP contribution in [-0.4, -0.2) is 35.6 Å². The fraction of sp³-hybridized carbons (Fsp3) is 0.333. The first-order valence-corrected chi connectivity index (χ1v) is 8.08. The van der Waals surface area contributed by atoms with Gasteiger partial charge >= 0.3 is 0 Å². The molecule has 0 bridgehead atoms. The number of nitrogens with one attached hydrogen (secondary N) is 2. The van der Waals surface area contributed by atoms with E-state index in [1.807, 2.05) is 55.2 Å². The molecule has 0 amide bonds. The number of hydrogen-bond donors (Lipinski definition) is 2. The summed E-state index contributed by atoms with van der Waals surface area (Å²) in [6.45, 7) is 0.926. The van der Waals surface area contributed by atoms with E-state index in [0.29, 0.717) is 0 Å². The molecule has 0 unspecified atom stereocenters. The van der Waals surface area contributed by atoms with Crippen LogP contribution in [0.2, 0.25) is 0 Å². The summed E-state index contributed by atoms with van der Waals surface area (Å²) in [5.74, 6) is 3.59. The molecular formula is C15H20N4S. The summed E-state index contributed by atoms with van der Waals surface area (Å²) in [6, 6.07) is 12.0. The Bertz CT molecular complexity index is 531. The number of rotatable bonds is 7. The van der Waals surface area contributed by atoms with E-state index >= 15 is 0 Å². The van der Waals surface area contributed by atoms with Gasteiger partial charge in [0.1, 0.15) is 11.6 Å². The molecule has 0 aliphatic carbocycles. The molecule has 0 saturated heterocycles. The smallest absolute Gasteiger partial charge is 0.163 e. The summed E-state index contributed by atoms with van der Waals surface area (Å²) >= 11 is 1.86. The molecule has 0 spiro atoms. The van der Waals surface area contributed by atoms with E-state index in [2.05, 4.69) is 26.9 Å². The van der Waals surface area contributed by atoms with Gasteiger partial charge in [0.25, 0.3) is 0 Å². The predicted molar refractivity (Wildman–Crippen MR) is 88.5 cm³/mol. The van der Waals surface area contributed by atoms with Gasteiger partial charge in [-0.25, -0.2) is 9.97 Å². The summed E-state index contributed by atoms with van der Waals surface area (Å²) in [6.07, 6.45) is 3.25. The van der Waals surface area contributed by atoms with Crippen molar-refractivity contribution < 1.29 is 0 Å². The molecule has 0 radical (unpaired) electrons. The van der Waals surface area contributed by atoms with Gasteiger partial charge in [-0.15, -0.1) is 0 Å². The van der Waals surface area contributed by atoms with Gasteiger partial charge in [-0.1, -0.05) is 30.3 Å². The Hall–Kier alpha value is -1.75. The summed E-state index contributed by atoms with van der Waals surface area (Å²) in [7, 11) is 1.87. The molecule has 1 aromatic heterocycles. The zero-order chi connectivity index (χ0) is 14.2. The highest BCUT2D eigenvalue weighted by molar-refractivity contribution is 7.98. The van der Waals surface area contributed by atoms with E-state index in [-0.39, 0.29) is 0 Å². The molecule has 1 heterocycles. The van der Waals surface area contributed by atoms with Crippen LogP contribution < -0.4 is 10.6 Å². The predicted octanol–water partition coefficient (Wildman–Crippen LogP) is 3.35. The molecule has 2 aromatic rings. The molecular weight excluding hydrogens is 268 g/mol. The van der Waals surface area contributed by atoms with Crippen molar-refractivity contribution in [2.45, 2.75) is 6.42 Å². The molecule has 2 N–H and O–H groups in total. The van der Waals surface area contributed by atoms with Crippen LogP contribution in [0, 0.1) is 0 Å². The normalized spacial score (nSPS) is 10.3. The molecule has 0 aliphatic rings. The Labute approximate surface area is 124 Å². The fourth-order valence-electron chi connectivity index (χ4n) is 1.82. The van der Waals surface area contributed by atoms with E-state index in [4.69, 9.17) is 0 Å². The van der Waals surface area contributed by atoms with Gasteiger partial charge in [0, 0.05) is 25.2 Å². The standard InChI is InChI=1S/C15H20N4S/c1-16-13-11-14(17-9-6-10-20-2)19-15(18-13)12-7-4-3-5-8-12/h3-5,7-8,11H,6,9-10H2,1-2H3,(H2,16,17,18,19). The lowest BCUT2D eigenvalue weighted by molar-refractivity contribution is 0.978. The first-order valence-electron chi connectivity index (χ1n) is 6.68. The van der Waals surface area contributed by atoms with Crippen molar-refractivity contribution in [3.05, 3.63) is 36.4 Å². The molecule has 106 valence electrons. The number of nitrogens with zero attached hydrogens (tertiary/aromatic N) is 2. The largest absolute Gasteiger partial charge is 0.373 e. The average Bonchev–Trinajstić information content (AvgIpc) is 2.52. The lowest BCUT2D eigenvalue weighted by Crippen LogP contribution is -2.07. The van der Waals surface area contributed by atoms with Gasteiger partial charge in [0.05, 0.1) is 0 Å². The van der Waals surface area contributed by atoms with Gasteiger partial charge in [0.15, 0.2) is 5.82 Å². The summed E-state index contributed by atoms with van der Waals surface area (Å²) in [5, 5.41) is 6.44. The maximum atomic E-state index is 4.58. The Morgan fingerprint density at radius 3 is 2.55 bits per heavy atom. The molecule has 0 atom stereocenters. The zero-order valence-electron chi connectivity index (χ0n) is 11.9. The quantitative estimate of drug-likeness (QED) is 0.765. The minimum absolute atomic E-state index is 0.741. The molecule has 1 aromatic carbocycles. The van der Waals surface area contributed by atoms with Crippen molar-refractivity contribution in [2.75, 3.05) is 36.2 Å². The lowest BCUT2D eigenvalue weighted by atomic mass is 10.2. The fourth-order valence-corrected chi connectivity index (χ4v) is 2.25. The number of anilines is 2. The van der Waals surface area contributed by atoms with Gasteiger partial charge < -0.3 is 10.6 Å². The summed E-state index contributed by atoms with van der Waals surface area (Å²) in [5.41, 5.74) is 1.02. The maximum Gasteiger partial charge on any atom is 0.163 e. The van der Waals surface area contributed by atoms with Crippen molar-refractivity contribution in [3.63, 3.8) is 0 Å². The first-order chi connectivity index (χ1) is 9.83. The van der Waals surface area contributed by atoms with Crippen molar-refractivity contribution in [2.24, 2.45) is 0 Å². The SMILES string of the molecule is CNc1cc(NCCCSC)nc(-c2ccccc2)n1. The van der Waals surface area contributed by atoms with Gasteiger partial charge in [-0.05, 0) is 18.4 Å².